The van der Waals surface area contributed by atoms with Crippen molar-refractivity contribution in [2.24, 2.45) is 40.9 Å². The highest BCUT2D eigenvalue weighted by Crippen LogP contribution is 2.47. The van der Waals surface area contributed by atoms with Crippen LogP contribution in [0.15, 0.2) is 151 Å². The fraction of sp³-hybridized carbons (Fsp3) is 0.143. The number of aromatic hydroxyl groups is 3. The largest absolute Gasteiger partial charge is 0.505 e. The maximum atomic E-state index is 12.9. The van der Waals surface area contributed by atoms with E-state index in [1.165, 1.54) is 75.6 Å². The van der Waals surface area contributed by atoms with Crippen LogP contribution in [-0.2, 0) is 40.5 Å². The van der Waals surface area contributed by atoms with Crippen molar-refractivity contribution in [3.63, 3.8) is 0 Å². The van der Waals surface area contributed by atoms with Crippen molar-refractivity contribution in [3.8, 4) is 40.3 Å². The predicted molar refractivity (Wildman–Crippen MR) is 291 cm³/mol. The summed E-state index contributed by atoms with van der Waals surface area (Å²) >= 11 is 0. The number of benzene rings is 7. The van der Waals surface area contributed by atoms with Crippen LogP contribution in [0.4, 0.5) is 45.5 Å². The molecule has 0 unspecified atom stereocenters. The van der Waals surface area contributed by atoms with E-state index in [0.29, 0.717) is 6.07 Å². The number of carbonyl (C=O) groups is 1. The number of phenols is 2. The summed E-state index contributed by atoms with van der Waals surface area (Å²) in [6.07, 6.45) is 0. The summed E-state index contributed by atoms with van der Waals surface area (Å²) in [6, 6.07) is 16.9. The zero-order valence-electron chi connectivity index (χ0n) is 43.2. The van der Waals surface area contributed by atoms with E-state index in [4.69, 9.17) is 14.2 Å². The highest BCUT2D eigenvalue weighted by Gasteiger charge is 2.27. The smallest absolute Gasteiger partial charge is 0.338 e. The number of methoxy groups -OCH3 is 1. The minimum atomic E-state index is -5.23. The quantitative estimate of drug-likeness (QED) is 0.0275. The Labute approximate surface area is 469 Å². The third-order valence-corrected chi connectivity index (χ3v) is 15.4. The summed E-state index contributed by atoms with van der Waals surface area (Å²) in [4.78, 5) is 8.77. The first-order valence-corrected chi connectivity index (χ1v) is 29.1. The number of phenolic OH excluding ortho intramolecular Hbond substituents is 2. The van der Waals surface area contributed by atoms with E-state index in [9.17, 15) is 77.1 Å². The number of azo groups is 4. The number of fused-ring (bicyclic) bond motifs is 2. The van der Waals surface area contributed by atoms with Gasteiger partial charge in [-0.15, -0.1) is 35.8 Å². The number of aromatic nitrogens is 2. The number of aryl methyl sites for hydroxylation is 2. The SMILES string of the molecule is CCOc1cc(N=Nc2c(S(=O)(=O)O)cc3cc(N=Nc4c(C)nn(-c5ccc6c(O)c(N=Nc7ccc(S(=O)(=O)O)cc7C(=O)O)c(S(=O)(=O)O)cc6c5)c4O)ccc3c2O)c(OCC)cc1N=Nc1cc(C)c(S(=O)(=O)O)cc1OC. The Hall–Kier alpha value is -9.42. The summed E-state index contributed by atoms with van der Waals surface area (Å²) in [5.74, 6) is -3.91. The average molecular weight is 1220 g/mol. The molecule has 0 fully saturated rings. The molecule has 0 saturated carbocycles. The van der Waals surface area contributed by atoms with E-state index in [0.717, 1.165) is 35.0 Å². The van der Waals surface area contributed by atoms with Gasteiger partial charge in [-0.05, 0) is 117 Å². The lowest BCUT2D eigenvalue weighted by molar-refractivity contribution is 0.0697. The minimum Gasteiger partial charge on any atom is -0.505 e. The second kappa shape index (κ2) is 22.8. The van der Waals surface area contributed by atoms with Gasteiger partial charge in [-0.3, -0.25) is 18.2 Å². The highest BCUT2D eigenvalue weighted by atomic mass is 32.2. The van der Waals surface area contributed by atoms with Gasteiger partial charge in [0.1, 0.15) is 66.1 Å². The van der Waals surface area contributed by atoms with E-state index in [2.05, 4.69) is 46.0 Å². The minimum absolute atomic E-state index is 0.00158. The van der Waals surface area contributed by atoms with Crippen LogP contribution >= 0.6 is 0 Å². The Morgan fingerprint density at radius 3 is 1.53 bits per heavy atom. The molecule has 83 heavy (non-hydrogen) atoms. The Morgan fingerprint density at radius 2 is 1.02 bits per heavy atom. The maximum Gasteiger partial charge on any atom is 0.338 e. The molecule has 0 saturated heterocycles. The van der Waals surface area contributed by atoms with Crippen molar-refractivity contribution in [3.05, 3.63) is 108 Å². The second-order valence-corrected chi connectivity index (χ2v) is 22.8. The molecule has 0 aliphatic rings. The first kappa shape index (κ1) is 59.7. The van der Waals surface area contributed by atoms with Gasteiger partial charge in [0, 0.05) is 29.0 Å². The molecule has 8 N–H and O–H groups in total. The molecular weight excluding hydrogens is 1180 g/mol. The molecule has 0 aliphatic heterocycles. The second-order valence-electron chi connectivity index (χ2n) is 17.3. The summed E-state index contributed by atoms with van der Waals surface area (Å²) in [5.41, 5.74) is -2.69. The summed E-state index contributed by atoms with van der Waals surface area (Å²) in [5, 5.41) is 80.1. The van der Waals surface area contributed by atoms with Crippen molar-refractivity contribution < 1.29 is 91.3 Å². The molecule has 432 valence electrons. The normalized spacial score (nSPS) is 12.7. The number of carboxylic acid groups (broad SMARTS) is 1. The van der Waals surface area contributed by atoms with Crippen LogP contribution in [0.25, 0.3) is 27.2 Å². The zero-order valence-corrected chi connectivity index (χ0v) is 46.4. The summed E-state index contributed by atoms with van der Waals surface area (Å²) in [7, 11) is -18.6. The van der Waals surface area contributed by atoms with Crippen molar-refractivity contribution in [1.29, 1.82) is 0 Å². The lowest BCUT2D eigenvalue weighted by Crippen LogP contribution is -2.03. The van der Waals surface area contributed by atoms with Crippen molar-refractivity contribution in [2.75, 3.05) is 20.3 Å². The van der Waals surface area contributed by atoms with Crippen molar-refractivity contribution in [2.45, 2.75) is 47.3 Å². The monoisotopic (exact) mass is 1220 g/mol. The number of aromatic carboxylic acids is 1. The molecule has 7 aromatic carbocycles. The first-order valence-electron chi connectivity index (χ1n) is 23.4. The van der Waals surface area contributed by atoms with Crippen LogP contribution in [0, 0.1) is 13.8 Å². The summed E-state index contributed by atoms with van der Waals surface area (Å²) < 4.78 is 155. The first-order chi connectivity index (χ1) is 38.9. The van der Waals surface area contributed by atoms with Gasteiger partial charge >= 0.3 is 5.97 Å². The molecule has 1 aromatic heterocycles. The fourth-order valence-electron chi connectivity index (χ4n) is 8.03. The molecule has 0 amide bonds. The molecule has 8 aromatic rings. The molecular formula is C49H42N10O20S4. The topological polar surface area (TPSA) is 460 Å². The van der Waals surface area contributed by atoms with Crippen molar-refractivity contribution >= 4 is 113 Å². The van der Waals surface area contributed by atoms with Gasteiger partial charge < -0.3 is 34.6 Å². The summed E-state index contributed by atoms with van der Waals surface area (Å²) in [6.45, 7) is 6.35. The number of rotatable bonds is 19. The Balaban J connectivity index is 1.10. The molecule has 1 heterocycles. The molecule has 30 nitrogen and oxygen atoms in total. The lowest BCUT2D eigenvalue weighted by atomic mass is 10.1. The lowest BCUT2D eigenvalue weighted by Gasteiger charge is -2.13. The molecule has 0 bridgehead atoms. The molecule has 34 heteroatoms. The van der Waals surface area contributed by atoms with Gasteiger partial charge in [-0.1, -0.05) is 0 Å². The van der Waals surface area contributed by atoms with Gasteiger partial charge in [-0.25, -0.2) is 4.79 Å². The van der Waals surface area contributed by atoms with Crippen LogP contribution in [0.1, 0.15) is 35.5 Å². The molecule has 0 aliphatic carbocycles. The number of ether oxygens (including phenoxy) is 3. The van der Waals surface area contributed by atoms with Crippen LogP contribution < -0.4 is 14.2 Å². The maximum absolute atomic E-state index is 12.9. The van der Waals surface area contributed by atoms with Crippen molar-refractivity contribution in [1.82, 2.24) is 9.78 Å². The molecule has 0 spiro atoms. The average Bonchev–Trinajstić information content (AvgIpc) is 3.91. The van der Waals surface area contributed by atoms with E-state index >= 15 is 0 Å². The van der Waals surface area contributed by atoms with Gasteiger partial charge in [0.05, 0.1) is 47.9 Å². The van der Waals surface area contributed by atoms with Gasteiger partial charge in [0.25, 0.3) is 40.5 Å². The van der Waals surface area contributed by atoms with E-state index in [-0.39, 0.29) is 97.4 Å². The van der Waals surface area contributed by atoms with Gasteiger partial charge in [-0.2, -0.15) is 48.6 Å². The van der Waals surface area contributed by atoms with Gasteiger partial charge in [0.2, 0.25) is 5.88 Å². The van der Waals surface area contributed by atoms with Crippen LogP contribution in [0.2, 0.25) is 0 Å². The number of hydrogen-bond acceptors (Lipinski definition) is 24. The number of carboxylic acids is 1. The van der Waals surface area contributed by atoms with E-state index in [1.54, 1.807) is 13.8 Å². The highest BCUT2D eigenvalue weighted by molar-refractivity contribution is 7.86. The standard InChI is InChI=1S/C49H42N10O20S4/c1-6-78-38-21-36(39(79-7-2)20-35(38)53-52-34-14-23(3)40(81(68,69)70)22-37(34)77-5)54-57-45-41(82(71,72)73)17-25-15-27(8-11-30(25)46(45)60)50-55-43-24(4)58-59(48(43)62)28-9-12-31-26(16-28)18-42(83(74,75)76)44(47(31)61)56-51-33-13-10-29(80(65,66)67)19-32(33)49(63)64/h8-22,60-62H,6-7H2,1-5H3,(H,63,64)(H,65,66,67)(H,68,69,70)(H,71,72,73)(H,74,75,76). The van der Waals surface area contributed by atoms with Crippen LogP contribution in [-0.4, -0.2) is 108 Å². The Kier molecular flexibility index (Phi) is 16.4. The fourth-order valence-corrected chi connectivity index (χ4v) is 10.6. The van der Waals surface area contributed by atoms with Crippen LogP contribution in [0.5, 0.6) is 34.6 Å². The Bertz CT molecular complexity index is 4630. The predicted octanol–water partition coefficient (Wildman–Crippen LogP) is 11.1. The van der Waals surface area contributed by atoms with Crippen LogP contribution in [0.3, 0.4) is 0 Å². The van der Waals surface area contributed by atoms with E-state index in [1.807, 2.05) is 0 Å². The van der Waals surface area contributed by atoms with Gasteiger partial charge in [0.15, 0.2) is 17.2 Å². The number of hydrogen-bond donors (Lipinski definition) is 8. The third kappa shape index (κ3) is 12.6. The zero-order chi connectivity index (χ0) is 60.7. The van der Waals surface area contributed by atoms with E-state index < -0.39 is 106 Å². The molecule has 0 radical (unpaired) electrons. The molecule has 8 rings (SSSR count). The number of nitrogens with zero attached hydrogens (tertiary/aromatic N) is 10. The molecule has 0 atom stereocenters. The Morgan fingerprint density at radius 1 is 0.530 bits per heavy atom. The third-order valence-electron chi connectivity index (χ3n) is 11.8.